The van der Waals surface area contributed by atoms with Crippen LogP contribution in [0.4, 0.5) is 0 Å². The van der Waals surface area contributed by atoms with Gasteiger partial charge in [0.25, 0.3) is 0 Å². The van der Waals surface area contributed by atoms with Gasteiger partial charge in [0, 0.05) is 0 Å². The summed E-state index contributed by atoms with van der Waals surface area (Å²) < 4.78 is 5.20. The summed E-state index contributed by atoms with van der Waals surface area (Å²) in [5.41, 5.74) is 0.729. The maximum Gasteiger partial charge on any atom is 0.148 e. The van der Waals surface area contributed by atoms with Crippen LogP contribution in [0.1, 0.15) is 5.56 Å². The summed E-state index contributed by atoms with van der Waals surface area (Å²) in [5, 5.41) is 0. The van der Waals surface area contributed by atoms with Crippen LogP contribution in [-0.4, -0.2) is 6.61 Å². The number of hydrogen-bond donors (Lipinski definition) is 0. The van der Waals surface area contributed by atoms with Gasteiger partial charge >= 0.3 is 0 Å². The minimum Gasteiger partial charge on any atom is -0.480 e. The maximum atomic E-state index is 5.24. The van der Waals surface area contributed by atoms with Crippen LogP contribution in [-0.2, 0) is 0 Å². The van der Waals surface area contributed by atoms with Crippen LogP contribution < -0.4 is 4.74 Å². The van der Waals surface area contributed by atoms with E-state index in [1.807, 2.05) is 18.2 Å². The summed E-state index contributed by atoms with van der Waals surface area (Å²) in [6.45, 7) is 0.249. The quantitative estimate of drug-likeness (QED) is 0.592. The number of para-hydroxylation sites is 1. The molecule has 0 aromatic heterocycles. The number of terminal acetylenes is 2. The first-order chi connectivity index (χ1) is 5.88. The SMILES string of the molecule is C#CCOc1ccccc1C#C. The number of rotatable bonds is 2. The number of benzene rings is 1. The van der Waals surface area contributed by atoms with E-state index in [1.165, 1.54) is 0 Å². The molecule has 0 aliphatic rings. The topological polar surface area (TPSA) is 9.23 Å². The van der Waals surface area contributed by atoms with Gasteiger partial charge < -0.3 is 4.74 Å². The molecule has 0 amide bonds. The van der Waals surface area contributed by atoms with Gasteiger partial charge in [-0.15, -0.1) is 12.8 Å². The summed E-state index contributed by atoms with van der Waals surface area (Å²) in [5.74, 6) is 5.55. The van der Waals surface area contributed by atoms with Gasteiger partial charge in [0.2, 0.25) is 0 Å². The van der Waals surface area contributed by atoms with Crippen molar-refractivity contribution in [1.82, 2.24) is 0 Å². The molecule has 0 unspecified atom stereocenters. The Morgan fingerprint density at radius 2 is 2.00 bits per heavy atom. The van der Waals surface area contributed by atoms with Crippen LogP contribution in [0.25, 0.3) is 0 Å². The van der Waals surface area contributed by atoms with Crippen molar-refractivity contribution in [3.05, 3.63) is 29.8 Å². The highest BCUT2D eigenvalue weighted by Crippen LogP contribution is 2.15. The zero-order valence-electron chi connectivity index (χ0n) is 6.58. The van der Waals surface area contributed by atoms with Gasteiger partial charge in [-0.1, -0.05) is 24.0 Å². The Hall–Kier alpha value is -1.86. The molecular formula is C11H8O. The van der Waals surface area contributed by atoms with Gasteiger partial charge in [-0.2, -0.15) is 0 Å². The third-order valence-corrected chi connectivity index (χ3v) is 1.35. The lowest BCUT2D eigenvalue weighted by Crippen LogP contribution is -1.95. The maximum absolute atomic E-state index is 5.24. The van der Waals surface area contributed by atoms with Crippen molar-refractivity contribution in [1.29, 1.82) is 0 Å². The Labute approximate surface area is 72.4 Å². The fourth-order valence-corrected chi connectivity index (χ4v) is 0.831. The second kappa shape index (κ2) is 4.11. The molecule has 58 valence electrons. The summed E-state index contributed by atoms with van der Waals surface area (Å²) >= 11 is 0. The Balaban J connectivity index is 2.86. The molecule has 1 aromatic carbocycles. The van der Waals surface area contributed by atoms with Gasteiger partial charge in [0.15, 0.2) is 0 Å². The van der Waals surface area contributed by atoms with Gasteiger partial charge in [0.1, 0.15) is 12.4 Å². The average molecular weight is 156 g/mol. The van der Waals surface area contributed by atoms with Crippen LogP contribution in [0.2, 0.25) is 0 Å². The van der Waals surface area contributed by atoms with E-state index in [1.54, 1.807) is 6.07 Å². The summed E-state index contributed by atoms with van der Waals surface area (Å²) in [4.78, 5) is 0. The molecule has 0 atom stereocenters. The molecule has 0 aliphatic carbocycles. The predicted octanol–water partition coefficient (Wildman–Crippen LogP) is 1.68. The van der Waals surface area contributed by atoms with E-state index < -0.39 is 0 Å². The van der Waals surface area contributed by atoms with Crippen molar-refractivity contribution in [3.63, 3.8) is 0 Å². The molecule has 0 saturated heterocycles. The highest BCUT2D eigenvalue weighted by atomic mass is 16.5. The predicted molar refractivity (Wildman–Crippen MR) is 48.7 cm³/mol. The van der Waals surface area contributed by atoms with E-state index >= 15 is 0 Å². The molecular weight excluding hydrogens is 148 g/mol. The molecule has 1 rings (SSSR count). The van der Waals surface area contributed by atoms with Crippen LogP contribution in [0.5, 0.6) is 5.75 Å². The molecule has 0 aliphatic heterocycles. The third-order valence-electron chi connectivity index (χ3n) is 1.35. The van der Waals surface area contributed by atoms with Gasteiger partial charge in [-0.3, -0.25) is 0 Å². The van der Waals surface area contributed by atoms with Crippen LogP contribution in [0, 0.1) is 24.7 Å². The zero-order chi connectivity index (χ0) is 8.81. The summed E-state index contributed by atoms with van der Waals surface area (Å²) in [6, 6.07) is 7.32. The second-order valence-electron chi connectivity index (χ2n) is 2.13. The van der Waals surface area contributed by atoms with E-state index in [-0.39, 0.29) is 6.61 Å². The van der Waals surface area contributed by atoms with Crippen molar-refractivity contribution >= 4 is 0 Å². The summed E-state index contributed by atoms with van der Waals surface area (Å²) in [7, 11) is 0. The Morgan fingerprint density at radius 3 is 2.67 bits per heavy atom. The molecule has 0 spiro atoms. The molecule has 1 nitrogen and oxygen atoms in total. The fraction of sp³-hybridized carbons (Fsp3) is 0.0909. The second-order valence-corrected chi connectivity index (χ2v) is 2.13. The van der Waals surface area contributed by atoms with E-state index in [0.29, 0.717) is 5.75 Å². The molecule has 0 heterocycles. The molecule has 0 N–H and O–H groups in total. The minimum absolute atomic E-state index is 0.249. The lowest BCUT2D eigenvalue weighted by atomic mass is 10.2. The summed E-state index contributed by atoms with van der Waals surface area (Å²) in [6.07, 6.45) is 10.3. The van der Waals surface area contributed by atoms with Crippen LogP contribution in [0.15, 0.2) is 24.3 Å². The highest BCUT2D eigenvalue weighted by Gasteiger charge is 1.96. The molecule has 0 radical (unpaired) electrons. The normalized spacial score (nSPS) is 8.17. The largest absolute Gasteiger partial charge is 0.480 e. The van der Waals surface area contributed by atoms with E-state index in [2.05, 4.69) is 11.8 Å². The average Bonchev–Trinajstić information content (AvgIpc) is 2.15. The molecule has 0 bridgehead atoms. The molecule has 1 aromatic rings. The first-order valence-corrected chi connectivity index (χ1v) is 3.50. The number of ether oxygens (including phenoxy) is 1. The Morgan fingerprint density at radius 1 is 1.25 bits per heavy atom. The van der Waals surface area contributed by atoms with Crippen LogP contribution in [0.3, 0.4) is 0 Å². The first kappa shape index (κ1) is 8.24. The monoisotopic (exact) mass is 156 g/mol. The van der Waals surface area contributed by atoms with Crippen molar-refractivity contribution < 1.29 is 4.74 Å². The van der Waals surface area contributed by atoms with Crippen molar-refractivity contribution in [2.24, 2.45) is 0 Å². The Bertz CT molecular complexity index is 339. The Kier molecular flexibility index (Phi) is 2.82. The standard InChI is InChI=1S/C11H8O/c1-3-9-12-11-8-6-5-7-10(11)4-2/h1-2,5-8H,9H2. The van der Waals surface area contributed by atoms with Crippen molar-refractivity contribution in [3.8, 4) is 30.4 Å². The zero-order valence-corrected chi connectivity index (χ0v) is 6.58. The molecule has 12 heavy (non-hydrogen) atoms. The first-order valence-electron chi connectivity index (χ1n) is 3.50. The molecule has 0 fully saturated rings. The minimum atomic E-state index is 0.249. The molecule has 0 saturated carbocycles. The lowest BCUT2D eigenvalue weighted by Gasteiger charge is -2.03. The van der Waals surface area contributed by atoms with Gasteiger partial charge in [-0.25, -0.2) is 0 Å². The lowest BCUT2D eigenvalue weighted by molar-refractivity contribution is 0.369. The molecule has 1 heteroatoms. The van der Waals surface area contributed by atoms with Crippen molar-refractivity contribution in [2.45, 2.75) is 0 Å². The van der Waals surface area contributed by atoms with Gasteiger partial charge in [0.05, 0.1) is 5.56 Å². The van der Waals surface area contributed by atoms with Crippen LogP contribution >= 0.6 is 0 Å². The smallest absolute Gasteiger partial charge is 0.148 e. The highest BCUT2D eigenvalue weighted by molar-refractivity contribution is 5.44. The van der Waals surface area contributed by atoms with E-state index in [4.69, 9.17) is 17.6 Å². The van der Waals surface area contributed by atoms with E-state index in [9.17, 15) is 0 Å². The van der Waals surface area contributed by atoms with E-state index in [0.717, 1.165) is 5.56 Å². The van der Waals surface area contributed by atoms with Gasteiger partial charge in [-0.05, 0) is 12.1 Å². The fourth-order valence-electron chi connectivity index (χ4n) is 0.831. The third kappa shape index (κ3) is 1.81. The number of hydrogen-bond acceptors (Lipinski definition) is 1. The van der Waals surface area contributed by atoms with Crippen molar-refractivity contribution in [2.75, 3.05) is 6.61 Å².